The summed E-state index contributed by atoms with van der Waals surface area (Å²) in [5.41, 5.74) is 8.50. The van der Waals surface area contributed by atoms with Gasteiger partial charge in [0.25, 0.3) is 11.8 Å². The average molecular weight is 967 g/mol. The Hall–Kier alpha value is -5.05. The molecule has 0 radical (unpaired) electrons. The molecule has 382 valence electrons. The third-order valence-electron chi connectivity index (χ3n) is 14.9. The van der Waals surface area contributed by atoms with Crippen molar-refractivity contribution in [3.63, 3.8) is 0 Å². The average Bonchev–Trinajstić information content (AvgIpc) is 3.65. The number of methoxy groups -OCH3 is 1. The van der Waals surface area contributed by atoms with Crippen molar-refractivity contribution >= 4 is 40.3 Å². The molecule has 4 aliphatic heterocycles. The highest BCUT2D eigenvalue weighted by Gasteiger charge is 2.39. The fourth-order valence-electron chi connectivity index (χ4n) is 9.97. The molecule has 3 saturated heterocycles. The zero-order chi connectivity index (χ0) is 50.5. The number of piperidine rings is 1. The Kier molecular flexibility index (Phi) is 17.0. The Balaban J connectivity index is 1.15. The van der Waals surface area contributed by atoms with Crippen LogP contribution in [0, 0.1) is 29.1 Å². The van der Waals surface area contributed by atoms with E-state index in [-0.39, 0.29) is 55.5 Å². The third-order valence-corrected chi connectivity index (χ3v) is 14.9. The zero-order valence-corrected chi connectivity index (χ0v) is 43.6. The molecular formula is C54H78N8O8. The number of anilines is 1. The smallest absolute Gasteiger partial charge is 0.324 e. The largest absolute Gasteiger partial charge is 0.464 e. The minimum absolute atomic E-state index is 0.0970. The summed E-state index contributed by atoms with van der Waals surface area (Å²) in [6, 6.07) is 9.02. The predicted molar refractivity (Wildman–Crippen MR) is 271 cm³/mol. The maximum Gasteiger partial charge on any atom is 0.324 e. The second kappa shape index (κ2) is 22.6. The first-order valence-corrected chi connectivity index (χ1v) is 25.5. The molecule has 2 N–H and O–H groups in total. The number of benzene rings is 1. The van der Waals surface area contributed by atoms with Crippen LogP contribution in [0.1, 0.15) is 105 Å². The van der Waals surface area contributed by atoms with Gasteiger partial charge in [-0.2, -0.15) is 0 Å². The van der Waals surface area contributed by atoms with E-state index in [0.717, 1.165) is 45.6 Å². The molecule has 5 atom stereocenters. The van der Waals surface area contributed by atoms with Crippen LogP contribution in [0.5, 0.6) is 0 Å². The van der Waals surface area contributed by atoms with Crippen LogP contribution >= 0.6 is 0 Å². The van der Waals surface area contributed by atoms with Crippen molar-refractivity contribution < 1.29 is 38.1 Å². The standard InChI is InChI=1S/C54H78N8O8/c1-12-61-46-18-17-37-29-41(46)42(49(61)40-15-13-23-55-48(40)36(4)67-11)31-53(5,6)34-70-52(66)44-16-14-24-62(57-44)51(65)45(30-39-32-60(37)27-28-68-39)56-50(64)43(35(2)3)33-69-38-20-25-59(26-21-38)47(63)19-22-54(7,8)58(9)10/h13,15,17-18,23,29,35-36,38-39,43-45,57H,12,14,16,20-21,24-28,30-34H2,1-11H3,(H,56,64)/t36-,39-,43-,44-,45-/m0/s1. The molecule has 2 aromatic heterocycles. The minimum atomic E-state index is -0.954. The number of cyclic esters (lactones) is 1. The lowest BCUT2D eigenvalue weighted by atomic mass is 9.84. The van der Waals surface area contributed by atoms with Crippen molar-refractivity contribution in [1.82, 2.24) is 35.1 Å². The van der Waals surface area contributed by atoms with E-state index in [1.54, 1.807) is 12.0 Å². The summed E-state index contributed by atoms with van der Waals surface area (Å²) in [7, 11) is 5.58. The Morgan fingerprint density at radius 1 is 1.07 bits per heavy atom. The normalized spacial score (nSPS) is 22.6. The highest BCUT2D eigenvalue weighted by molar-refractivity contribution is 5.95. The van der Waals surface area contributed by atoms with E-state index >= 15 is 0 Å². The van der Waals surface area contributed by atoms with Gasteiger partial charge in [-0.15, -0.1) is 0 Å². The first-order chi connectivity index (χ1) is 33.3. The van der Waals surface area contributed by atoms with Crippen molar-refractivity contribution in [2.75, 3.05) is 78.6 Å². The monoisotopic (exact) mass is 967 g/mol. The molecule has 0 unspecified atom stereocenters. The second-order valence-corrected chi connectivity index (χ2v) is 21.5. The molecule has 0 saturated carbocycles. The molecule has 3 amide bonds. The molecule has 6 bridgehead atoms. The maximum atomic E-state index is 14.7. The Morgan fingerprint density at radius 3 is 2.53 bits per heavy atom. The summed E-state index contributed by atoms with van der Waals surface area (Å²) < 4.78 is 27.2. The number of hydrogen-bond acceptors (Lipinski definition) is 12. The molecule has 6 heterocycles. The van der Waals surface area contributed by atoms with Crippen LogP contribution in [0.3, 0.4) is 0 Å². The number of ether oxygens (including phenoxy) is 4. The van der Waals surface area contributed by atoms with Gasteiger partial charge in [-0.1, -0.05) is 33.6 Å². The highest BCUT2D eigenvalue weighted by atomic mass is 16.5. The van der Waals surface area contributed by atoms with Gasteiger partial charge < -0.3 is 38.6 Å². The number of esters is 1. The molecule has 3 fully saturated rings. The first kappa shape index (κ1) is 52.8. The summed E-state index contributed by atoms with van der Waals surface area (Å²) in [5, 5.41) is 5.75. The van der Waals surface area contributed by atoms with Crippen molar-refractivity contribution in [3.05, 3.63) is 47.8 Å². The van der Waals surface area contributed by atoms with Crippen molar-refractivity contribution in [3.8, 4) is 23.1 Å². The van der Waals surface area contributed by atoms with Gasteiger partial charge in [-0.25, -0.2) is 5.43 Å². The van der Waals surface area contributed by atoms with E-state index < -0.39 is 41.0 Å². The van der Waals surface area contributed by atoms with Crippen LogP contribution in [0.15, 0.2) is 36.5 Å². The number of nitrogens with one attached hydrogen (secondary N) is 2. The number of rotatable bonds is 11. The summed E-state index contributed by atoms with van der Waals surface area (Å²) >= 11 is 0. The van der Waals surface area contributed by atoms with Crippen molar-refractivity contribution in [2.45, 2.75) is 136 Å². The molecule has 70 heavy (non-hydrogen) atoms. The lowest BCUT2D eigenvalue weighted by molar-refractivity contribution is -0.156. The topological polar surface area (TPSA) is 160 Å². The number of morpholine rings is 1. The summed E-state index contributed by atoms with van der Waals surface area (Å²) in [5.74, 6) is 4.04. The van der Waals surface area contributed by atoms with Gasteiger partial charge in [0.1, 0.15) is 12.1 Å². The SMILES string of the molecule is CCn1c(-c2cccnc2[C@H](C)OC)c2c3cc(ccc31)N1CCO[C@@H](C[C@H](NC(=O)[C@@H](COC3CCN(C(=O)C#CC(C)(C)N(C)C)CC3)C(C)C)C(=O)N3CCC[C@H](N3)C(=O)OCC(C)(C)C2)C1. The third kappa shape index (κ3) is 12.2. The van der Waals surface area contributed by atoms with Gasteiger partial charge in [-0.3, -0.25) is 34.1 Å². The number of pyridine rings is 1. The van der Waals surface area contributed by atoms with E-state index in [0.29, 0.717) is 71.4 Å². The number of likely N-dealkylation sites (tertiary alicyclic amines) is 1. The number of hydrogen-bond donors (Lipinski definition) is 2. The number of carbonyl (C=O) groups is 4. The van der Waals surface area contributed by atoms with Gasteiger partial charge in [0, 0.05) is 86.6 Å². The van der Waals surface area contributed by atoms with E-state index in [1.165, 1.54) is 5.01 Å². The number of aryl methyl sites for hydroxylation is 1. The van der Waals surface area contributed by atoms with Gasteiger partial charge in [0.05, 0.1) is 61.0 Å². The molecule has 16 heteroatoms. The van der Waals surface area contributed by atoms with Crippen molar-refractivity contribution in [2.24, 2.45) is 17.3 Å². The van der Waals surface area contributed by atoms with Crippen LogP contribution < -0.4 is 15.6 Å². The maximum absolute atomic E-state index is 14.7. The summed E-state index contributed by atoms with van der Waals surface area (Å²) in [6.45, 7) is 20.4. The first-order valence-electron chi connectivity index (χ1n) is 25.5. The number of nitrogens with zero attached hydrogens (tertiary/aromatic N) is 6. The Morgan fingerprint density at radius 2 is 1.83 bits per heavy atom. The molecule has 0 spiro atoms. The number of hydrazine groups is 1. The van der Waals surface area contributed by atoms with Gasteiger partial charge in [0.2, 0.25) is 5.91 Å². The van der Waals surface area contributed by atoms with Crippen LogP contribution in [0.25, 0.3) is 22.2 Å². The van der Waals surface area contributed by atoms with Gasteiger partial charge in [-0.05, 0) is 122 Å². The predicted octanol–water partition coefficient (Wildman–Crippen LogP) is 5.76. The quantitative estimate of drug-likeness (QED) is 0.177. The molecule has 3 aromatic rings. The molecule has 16 nitrogen and oxygen atoms in total. The molecule has 1 aromatic carbocycles. The van der Waals surface area contributed by atoms with Gasteiger partial charge >= 0.3 is 5.97 Å². The zero-order valence-electron chi connectivity index (χ0n) is 43.6. The van der Waals surface area contributed by atoms with E-state index in [9.17, 15) is 19.2 Å². The Labute approximate surface area is 415 Å². The number of amides is 3. The van der Waals surface area contributed by atoms with Gasteiger partial charge in [0.15, 0.2) is 0 Å². The number of carbonyl (C=O) groups excluding carboxylic acids is 4. The minimum Gasteiger partial charge on any atom is -0.464 e. The van der Waals surface area contributed by atoms with Crippen LogP contribution in [-0.2, 0) is 51.1 Å². The lowest BCUT2D eigenvalue weighted by Gasteiger charge is -2.39. The van der Waals surface area contributed by atoms with Crippen LogP contribution in [-0.4, -0.2) is 152 Å². The molecule has 7 rings (SSSR count). The van der Waals surface area contributed by atoms with Crippen LogP contribution in [0.2, 0.25) is 0 Å². The number of fused-ring (bicyclic) bond motifs is 6. The van der Waals surface area contributed by atoms with E-state index in [4.69, 9.17) is 23.9 Å². The van der Waals surface area contributed by atoms with E-state index in [2.05, 4.69) is 77.1 Å². The fraction of sp³-hybridized carbons (Fsp3) is 0.648. The molecular weight excluding hydrogens is 889 g/mol. The second-order valence-electron chi connectivity index (χ2n) is 21.5. The Bertz CT molecular complexity index is 2410. The van der Waals surface area contributed by atoms with E-state index in [1.807, 2.05) is 65.9 Å². The lowest BCUT2D eigenvalue weighted by Crippen LogP contribution is -2.61. The summed E-state index contributed by atoms with van der Waals surface area (Å²) in [6.07, 6.45) is 4.23. The summed E-state index contributed by atoms with van der Waals surface area (Å²) in [4.78, 5) is 67.0. The molecule has 0 aliphatic carbocycles. The fourth-order valence-corrected chi connectivity index (χ4v) is 9.97. The number of aromatic nitrogens is 2. The van der Waals surface area contributed by atoms with Crippen LogP contribution in [0.4, 0.5) is 5.69 Å². The highest BCUT2D eigenvalue weighted by Crippen LogP contribution is 2.42. The van der Waals surface area contributed by atoms with Crippen molar-refractivity contribution in [1.29, 1.82) is 0 Å². The molecule has 4 aliphatic rings.